The van der Waals surface area contributed by atoms with Gasteiger partial charge in [0, 0.05) is 5.56 Å². The summed E-state index contributed by atoms with van der Waals surface area (Å²) in [6.45, 7) is 4.63. The quantitative estimate of drug-likeness (QED) is 0.851. The molecule has 0 aromatic heterocycles. The molecule has 0 bridgehead atoms. The number of aromatic hydroxyl groups is 1. The second kappa shape index (κ2) is 4.96. The van der Waals surface area contributed by atoms with E-state index < -0.39 is 0 Å². The zero-order chi connectivity index (χ0) is 14.2. The molecule has 2 aromatic carbocycles. The third-order valence-electron chi connectivity index (χ3n) is 3.41. The summed E-state index contributed by atoms with van der Waals surface area (Å²) in [4.78, 5) is 0. The monoisotopic (exact) mass is 268 g/mol. The average molecular weight is 268 g/mol. The molecule has 3 rings (SSSR count). The van der Waals surface area contributed by atoms with Crippen LogP contribution in [0.15, 0.2) is 48.5 Å². The molecule has 1 N–H and O–H groups in total. The Labute approximate surface area is 119 Å². The van der Waals surface area contributed by atoms with Crippen molar-refractivity contribution < 1.29 is 14.4 Å². The number of hydrogen-bond acceptors (Lipinski definition) is 3. The number of hydrogen-bond donors (Lipinski definition) is 1. The fourth-order valence-corrected chi connectivity index (χ4v) is 2.34. The third kappa shape index (κ3) is 2.57. The highest BCUT2D eigenvalue weighted by atomic mass is 16.7. The van der Waals surface area contributed by atoms with Crippen LogP contribution in [0.5, 0.6) is 5.75 Å². The molecule has 4 heteroatoms. The van der Waals surface area contributed by atoms with Crippen molar-refractivity contribution in [3.8, 4) is 16.9 Å². The van der Waals surface area contributed by atoms with Crippen molar-refractivity contribution in [2.24, 2.45) is 0 Å². The zero-order valence-electron chi connectivity index (χ0n) is 11.7. The first-order chi connectivity index (χ1) is 9.55. The first-order valence-corrected chi connectivity index (χ1v) is 6.73. The van der Waals surface area contributed by atoms with Gasteiger partial charge in [0.2, 0.25) is 0 Å². The molecule has 1 saturated heterocycles. The lowest BCUT2D eigenvalue weighted by atomic mass is 9.78. The summed E-state index contributed by atoms with van der Waals surface area (Å²) < 4.78 is 11.5. The van der Waals surface area contributed by atoms with Crippen LogP contribution in [-0.2, 0) is 9.31 Å². The SMILES string of the molecule is CC1(C)COB(c2ccc(-c3ccccc3O)cc2)O1. The van der Waals surface area contributed by atoms with Crippen molar-refractivity contribution in [3.05, 3.63) is 48.5 Å². The predicted octanol–water partition coefficient (Wildman–Crippen LogP) is 2.58. The Morgan fingerprint density at radius 2 is 1.75 bits per heavy atom. The Bertz CT molecular complexity index is 607. The minimum atomic E-state index is -0.302. The van der Waals surface area contributed by atoms with E-state index in [2.05, 4.69) is 0 Å². The van der Waals surface area contributed by atoms with Gasteiger partial charge in [0.05, 0.1) is 12.2 Å². The van der Waals surface area contributed by atoms with Crippen LogP contribution in [-0.4, -0.2) is 24.4 Å². The Hall–Kier alpha value is -1.78. The fraction of sp³-hybridized carbons (Fsp3) is 0.250. The van der Waals surface area contributed by atoms with Crippen LogP contribution >= 0.6 is 0 Å². The third-order valence-corrected chi connectivity index (χ3v) is 3.41. The molecular formula is C16H17BO3. The summed E-state index contributed by atoms with van der Waals surface area (Å²) in [6.07, 6.45) is 0. The molecule has 0 spiro atoms. The normalized spacial score (nSPS) is 17.4. The lowest BCUT2D eigenvalue weighted by Gasteiger charge is -2.15. The number of phenols is 1. The van der Waals surface area contributed by atoms with Gasteiger partial charge in [-0.1, -0.05) is 42.5 Å². The summed E-state index contributed by atoms with van der Waals surface area (Å²) in [5, 5.41) is 9.86. The summed E-state index contributed by atoms with van der Waals surface area (Å²) >= 11 is 0. The van der Waals surface area contributed by atoms with Crippen LogP contribution in [0.3, 0.4) is 0 Å². The molecule has 0 unspecified atom stereocenters. The van der Waals surface area contributed by atoms with Gasteiger partial charge in [-0.15, -0.1) is 0 Å². The van der Waals surface area contributed by atoms with E-state index in [1.54, 1.807) is 6.07 Å². The molecule has 1 aliphatic heterocycles. The number of benzene rings is 2. The molecule has 0 saturated carbocycles. The molecule has 1 aliphatic rings. The highest BCUT2D eigenvalue weighted by Crippen LogP contribution is 2.28. The molecule has 0 atom stereocenters. The van der Waals surface area contributed by atoms with E-state index in [1.165, 1.54) is 0 Å². The van der Waals surface area contributed by atoms with Gasteiger partial charge in [-0.2, -0.15) is 0 Å². The van der Waals surface area contributed by atoms with Crippen molar-refractivity contribution >= 4 is 12.6 Å². The van der Waals surface area contributed by atoms with Crippen molar-refractivity contribution in [2.45, 2.75) is 19.4 Å². The van der Waals surface area contributed by atoms with Gasteiger partial charge in [0.1, 0.15) is 5.75 Å². The summed E-state index contributed by atoms with van der Waals surface area (Å²) in [5.74, 6) is 0.287. The van der Waals surface area contributed by atoms with E-state index in [0.717, 1.165) is 16.6 Å². The first-order valence-electron chi connectivity index (χ1n) is 6.73. The fourth-order valence-electron chi connectivity index (χ4n) is 2.34. The summed E-state index contributed by atoms with van der Waals surface area (Å²) in [5.41, 5.74) is 2.56. The largest absolute Gasteiger partial charge is 0.507 e. The van der Waals surface area contributed by atoms with Crippen molar-refractivity contribution in [1.82, 2.24) is 0 Å². The minimum absolute atomic E-state index is 0.235. The van der Waals surface area contributed by atoms with E-state index in [-0.39, 0.29) is 18.5 Å². The topological polar surface area (TPSA) is 38.7 Å². The summed E-state index contributed by atoms with van der Waals surface area (Å²) in [7, 11) is -0.302. The first kappa shape index (κ1) is 13.2. The standard InChI is InChI=1S/C16H17BO3/c1-16(2)11-19-17(20-16)13-9-7-12(8-10-13)14-5-3-4-6-15(14)18/h3-10,18H,11H2,1-2H3. The maximum absolute atomic E-state index is 9.86. The van der Waals surface area contributed by atoms with Crippen LogP contribution in [0.2, 0.25) is 0 Å². The second-order valence-electron chi connectivity index (χ2n) is 5.66. The van der Waals surface area contributed by atoms with Crippen molar-refractivity contribution in [2.75, 3.05) is 6.61 Å². The Morgan fingerprint density at radius 1 is 1.05 bits per heavy atom. The number of rotatable bonds is 2. The van der Waals surface area contributed by atoms with Crippen LogP contribution in [0.1, 0.15) is 13.8 Å². The molecule has 102 valence electrons. The van der Waals surface area contributed by atoms with E-state index in [0.29, 0.717) is 6.61 Å². The molecule has 0 amide bonds. The van der Waals surface area contributed by atoms with Crippen molar-refractivity contribution in [1.29, 1.82) is 0 Å². The van der Waals surface area contributed by atoms with Crippen LogP contribution < -0.4 is 5.46 Å². The molecule has 3 nitrogen and oxygen atoms in total. The number of phenolic OH excluding ortho intramolecular Hbond substituents is 1. The Kier molecular flexibility index (Phi) is 3.28. The van der Waals surface area contributed by atoms with Gasteiger partial charge in [0.15, 0.2) is 0 Å². The highest BCUT2D eigenvalue weighted by molar-refractivity contribution is 6.61. The smallest absolute Gasteiger partial charge is 0.494 e. The van der Waals surface area contributed by atoms with E-state index in [1.807, 2.05) is 56.3 Å². The second-order valence-corrected chi connectivity index (χ2v) is 5.66. The van der Waals surface area contributed by atoms with Crippen LogP contribution in [0, 0.1) is 0 Å². The summed E-state index contributed by atoms with van der Waals surface area (Å²) in [6, 6.07) is 15.2. The molecule has 0 aliphatic carbocycles. The van der Waals surface area contributed by atoms with E-state index in [4.69, 9.17) is 9.31 Å². The van der Waals surface area contributed by atoms with Gasteiger partial charge < -0.3 is 14.4 Å². The maximum atomic E-state index is 9.86. The van der Waals surface area contributed by atoms with Gasteiger partial charge in [0.25, 0.3) is 0 Å². The minimum Gasteiger partial charge on any atom is -0.507 e. The molecule has 1 fully saturated rings. The molecule has 1 heterocycles. The predicted molar refractivity (Wildman–Crippen MR) is 80.0 cm³/mol. The number of para-hydroxylation sites is 1. The molecule has 20 heavy (non-hydrogen) atoms. The van der Waals surface area contributed by atoms with Crippen LogP contribution in [0.4, 0.5) is 0 Å². The average Bonchev–Trinajstić information content (AvgIpc) is 2.80. The Balaban J connectivity index is 1.84. The van der Waals surface area contributed by atoms with Gasteiger partial charge >= 0.3 is 7.12 Å². The molecular weight excluding hydrogens is 251 g/mol. The zero-order valence-corrected chi connectivity index (χ0v) is 11.7. The van der Waals surface area contributed by atoms with Crippen molar-refractivity contribution in [3.63, 3.8) is 0 Å². The molecule has 2 aromatic rings. The van der Waals surface area contributed by atoms with Gasteiger partial charge in [-0.25, -0.2) is 0 Å². The van der Waals surface area contributed by atoms with Crippen LogP contribution in [0.25, 0.3) is 11.1 Å². The lowest BCUT2D eigenvalue weighted by Crippen LogP contribution is -2.34. The Morgan fingerprint density at radius 3 is 2.35 bits per heavy atom. The maximum Gasteiger partial charge on any atom is 0.494 e. The molecule has 0 radical (unpaired) electrons. The van der Waals surface area contributed by atoms with E-state index in [9.17, 15) is 5.11 Å². The van der Waals surface area contributed by atoms with E-state index >= 15 is 0 Å². The lowest BCUT2D eigenvalue weighted by molar-refractivity contribution is 0.137. The van der Waals surface area contributed by atoms with Gasteiger partial charge in [-0.3, -0.25) is 0 Å². The van der Waals surface area contributed by atoms with Gasteiger partial charge in [-0.05, 0) is 30.9 Å². The highest BCUT2D eigenvalue weighted by Gasteiger charge is 2.37.